The molecule has 0 radical (unpaired) electrons. The molecule has 2 amide bonds. The van der Waals surface area contributed by atoms with E-state index in [-0.39, 0.29) is 24.5 Å². The number of amides is 2. The van der Waals surface area contributed by atoms with Crippen molar-refractivity contribution in [1.82, 2.24) is 25.0 Å². The fraction of sp³-hybridized carbons (Fsp3) is 0.385. The number of para-hydroxylation sites is 1. The number of aromatic nitrogens is 3. The van der Waals surface area contributed by atoms with Crippen LogP contribution in [0.15, 0.2) is 54.6 Å². The molecular formula is C26H29N5O4. The number of hydrogen-bond acceptors (Lipinski definition) is 6. The molecular weight excluding hydrogens is 446 g/mol. The molecule has 2 N–H and O–H groups in total. The number of carbonyl (C=O) groups is 2. The van der Waals surface area contributed by atoms with Gasteiger partial charge in [0.2, 0.25) is 0 Å². The minimum absolute atomic E-state index is 0.0309. The normalized spacial score (nSPS) is 20.1. The van der Waals surface area contributed by atoms with Gasteiger partial charge in [0.15, 0.2) is 12.4 Å². The van der Waals surface area contributed by atoms with Crippen molar-refractivity contribution in [2.75, 3.05) is 26.2 Å². The van der Waals surface area contributed by atoms with Crippen molar-refractivity contribution >= 4 is 11.8 Å². The lowest BCUT2D eigenvalue weighted by Gasteiger charge is -2.34. The van der Waals surface area contributed by atoms with E-state index < -0.39 is 6.10 Å². The van der Waals surface area contributed by atoms with E-state index in [4.69, 9.17) is 9.72 Å². The molecule has 5 rings (SSSR count). The van der Waals surface area contributed by atoms with Crippen molar-refractivity contribution in [1.29, 1.82) is 0 Å². The molecule has 2 aliphatic rings. The van der Waals surface area contributed by atoms with Crippen LogP contribution < -0.4 is 4.74 Å². The number of carbonyl (C=O) groups excluding carboxylic acids is 2. The van der Waals surface area contributed by atoms with Crippen molar-refractivity contribution in [3.05, 3.63) is 66.0 Å². The van der Waals surface area contributed by atoms with Crippen molar-refractivity contribution in [2.45, 2.75) is 37.8 Å². The first-order valence-corrected chi connectivity index (χ1v) is 12.1. The van der Waals surface area contributed by atoms with Crippen molar-refractivity contribution in [3.63, 3.8) is 0 Å². The number of piperidine rings is 1. The molecule has 0 aliphatic carbocycles. The summed E-state index contributed by atoms with van der Waals surface area (Å²) in [5.41, 5.74) is 1.26. The molecule has 2 unspecified atom stereocenters. The highest BCUT2D eigenvalue weighted by Crippen LogP contribution is 2.30. The summed E-state index contributed by atoms with van der Waals surface area (Å²) in [4.78, 5) is 34.0. The third-order valence-electron chi connectivity index (χ3n) is 6.57. The van der Waals surface area contributed by atoms with E-state index in [0.717, 1.165) is 24.8 Å². The van der Waals surface area contributed by atoms with Crippen molar-refractivity contribution in [3.8, 4) is 17.1 Å². The maximum absolute atomic E-state index is 13.0. The highest BCUT2D eigenvalue weighted by Gasteiger charge is 2.31. The zero-order chi connectivity index (χ0) is 24.2. The van der Waals surface area contributed by atoms with E-state index in [1.54, 1.807) is 17.0 Å². The number of nitrogens with zero attached hydrogens (tertiary/aromatic N) is 4. The minimum atomic E-state index is -0.461. The molecule has 2 fully saturated rings. The van der Waals surface area contributed by atoms with E-state index >= 15 is 0 Å². The molecule has 35 heavy (non-hydrogen) atoms. The van der Waals surface area contributed by atoms with Gasteiger partial charge in [-0.05, 0) is 49.9 Å². The summed E-state index contributed by atoms with van der Waals surface area (Å²) in [7, 11) is 0. The lowest BCUT2D eigenvalue weighted by Crippen LogP contribution is -2.41. The molecule has 2 aliphatic heterocycles. The average Bonchev–Trinajstić information content (AvgIpc) is 3.57. The number of rotatable bonds is 6. The second-order valence-corrected chi connectivity index (χ2v) is 9.02. The molecule has 2 atom stereocenters. The summed E-state index contributed by atoms with van der Waals surface area (Å²) in [5.74, 6) is 1.58. The minimum Gasteiger partial charge on any atom is -0.484 e. The molecule has 0 saturated carbocycles. The van der Waals surface area contributed by atoms with Crippen LogP contribution in [0.5, 0.6) is 5.75 Å². The monoisotopic (exact) mass is 475 g/mol. The summed E-state index contributed by atoms with van der Waals surface area (Å²) in [6.07, 6.45) is 2.86. The second-order valence-electron chi connectivity index (χ2n) is 9.02. The van der Waals surface area contributed by atoms with Gasteiger partial charge in [-0.1, -0.05) is 30.3 Å². The van der Waals surface area contributed by atoms with Gasteiger partial charge in [0, 0.05) is 30.8 Å². The largest absolute Gasteiger partial charge is 0.484 e. The molecule has 3 heterocycles. The predicted molar refractivity (Wildman–Crippen MR) is 129 cm³/mol. The van der Waals surface area contributed by atoms with Crippen molar-refractivity contribution < 1.29 is 19.4 Å². The fourth-order valence-electron chi connectivity index (χ4n) is 4.71. The molecule has 1 aromatic heterocycles. The van der Waals surface area contributed by atoms with Gasteiger partial charge in [-0.2, -0.15) is 5.10 Å². The molecule has 2 saturated heterocycles. The number of nitrogens with one attached hydrogen (secondary N) is 1. The van der Waals surface area contributed by atoms with E-state index in [2.05, 4.69) is 10.2 Å². The molecule has 9 nitrogen and oxygen atoms in total. The smallest absolute Gasteiger partial charge is 0.261 e. The summed E-state index contributed by atoms with van der Waals surface area (Å²) >= 11 is 0. The van der Waals surface area contributed by atoms with Crippen LogP contribution in [0.1, 0.15) is 47.9 Å². The first-order chi connectivity index (χ1) is 17.1. The quantitative estimate of drug-likeness (QED) is 0.567. The third-order valence-corrected chi connectivity index (χ3v) is 6.57. The van der Waals surface area contributed by atoms with Crippen LogP contribution in [0.3, 0.4) is 0 Å². The summed E-state index contributed by atoms with van der Waals surface area (Å²) in [6, 6.07) is 16.3. The molecule has 0 spiro atoms. The average molecular weight is 476 g/mol. The first-order valence-electron chi connectivity index (χ1n) is 12.1. The van der Waals surface area contributed by atoms with Gasteiger partial charge >= 0.3 is 0 Å². The Bertz CT molecular complexity index is 1180. The lowest BCUT2D eigenvalue weighted by molar-refractivity contribution is -0.137. The topological polar surface area (TPSA) is 112 Å². The zero-order valence-electron chi connectivity index (χ0n) is 19.5. The maximum Gasteiger partial charge on any atom is 0.261 e. The Labute approximate surface area is 203 Å². The summed E-state index contributed by atoms with van der Waals surface area (Å²) in [5, 5.41) is 17.2. The van der Waals surface area contributed by atoms with Crippen LogP contribution in [0.2, 0.25) is 0 Å². The Morgan fingerprint density at radius 2 is 1.91 bits per heavy atom. The number of H-pyrrole nitrogens is 1. The molecule has 2 aromatic carbocycles. The van der Waals surface area contributed by atoms with Crippen LogP contribution in [-0.4, -0.2) is 74.2 Å². The van der Waals surface area contributed by atoms with Gasteiger partial charge in [-0.15, -0.1) is 0 Å². The number of hydrogen-bond donors (Lipinski definition) is 2. The highest BCUT2D eigenvalue weighted by molar-refractivity contribution is 5.95. The van der Waals surface area contributed by atoms with Crippen LogP contribution >= 0.6 is 0 Å². The van der Waals surface area contributed by atoms with E-state index in [0.29, 0.717) is 49.0 Å². The summed E-state index contributed by atoms with van der Waals surface area (Å²) in [6.45, 7) is 1.52. The first kappa shape index (κ1) is 23.0. The van der Waals surface area contributed by atoms with Crippen LogP contribution in [0.4, 0.5) is 0 Å². The molecule has 3 aromatic rings. The zero-order valence-corrected chi connectivity index (χ0v) is 19.5. The van der Waals surface area contributed by atoms with E-state index in [1.165, 1.54) is 0 Å². The molecule has 9 heteroatoms. The SMILES string of the molecule is O=C(c1cccc(-c2n[nH]c(C3CCCCN3C(=O)COc3ccccc3)n2)c1)N1CCC(O)C1. The number of β-amino-alcohol motifs (C(OH)–C–C–N with tert-alkyl or cyclic N) is 1. The standard InChI is InChI=1S/C26H29N5O4/c32-20-12-14-30(16-20)26(34)19-8-6-7-18(15-19)24-27-25(29-28-24)22-11-4-5-13-31(22)23(33)17-35-21-9-2-1-3-10-21/h1-3,6-10,15,20,22,32H,4-5,11-14,16-17H2,(H,27,28,29). The van der Waals surface area contributed by atoms with Gasteiger partial charge in [0.25, 0.3) is 11.8 Å². The van der Waals surface area contributed by atoms with Crippen molar-refractivity contribution in [2.24, 2.45) is 0 Å². The number of aliphatic hydroxyl groups excluding tert-OH is 1. The Hall–Kier alpha value is -3.72. The number of ether oxygens (including phenoxy) is 1. The number of likely N-dealkylation sites (tertiary alicyclic amines) is 2. The lowest BCUT2D eigenvalue weighted by atomic mass is 10.0. The maximum atomic E-state index is 13.0. The van der Waals surface area contributed by atoms with Crippen LogP contribution in [0, 0.1) is 0 Å². The number of benzene rings is 2. The molecule has 0 bridgehead atoms. The van der Waals surface area contributed by atoms with Gasteiger partial charge in [-0.3, -0.25) is 14.7 Å². The fourth-order valence-corrected chi connectivity index (χ4v) is 4.71. The molecule has 182 valence electrons. The number of aromatic amines is 1. The Morgan fingerprint density at radius 3 is 2.71 bits per heavy atom. The summed E-state index contributed by atoms with van der Waals surface area (Å²) < 4.78 is 5.68. The Balaban J connectivity index is 1.29. The Kier molecular flexibility index (Phi) is 6.76. The predicted octanol–water partition coefficient (Wildman–Crippen LogP) is 2.81. The van der Waals surface area contributed by atoms with Gasteiger partial charge in [-0.25, -0.2) is 4.98 Å². The van der Waals surface area contributed by atoms with Crippen LogP contribution in [-0.2, 0) is 4.79 Å². The van der Waals surface area contributed by atoms with E-state index in [1.807, 2.05) is 47.4 Å². The van der Waals surface area contributed by atoms with Crippen LogP contribution in [0.25, 0.3) is 11.4 Å². The van der Waals surface area contributed by atoms with Gasteiger partial charge in [0.05, 0.1) is 12.1 Å². The third kappa shape index (κ3) is 5.19. The van der Waals surface area contributed by atoms with Gasteiger partial charge in [0.1, 0.15) is 11.6 Å². The highest BCUT2D eigenvalue weighted by atomic mass is 16.5. The second kappa shape index (κ2) is 10.3. The number of aliphatic hydroxyl groups is 1. The van der Waals surface area contributed by atoms with Gasteiger partial charge < -0.3 is 19.6 Å². The Morgan fingerprint density at radius 1 is 1.06 bits per heavy atom. The van der Waals surface area contributed by atoms with E-state index in [9.17, 15) is 14.7 Å².